The lowest BCUT2D eigenvalue weighted by atomic mass is 10.3. The molecule has 2 aromatic rings. The average Bonchev–Trinajstić information content (AvgIpc) is 2.93. The third kappa shape index (κ3) is 4.15. The number of hydrogen-bond donors (Lipinski definition) is 2. The lowest BCUT2D eigenvalue weighted by Crippen LogP contribution is -2.35. The molecule has 0 bridgehead atoms. The monoisotopic (exact) mass is 259 g/mol. The van der Waals surface area contributed by atoms with Gasteiger partial charge in [0.25, 0.3) is 0 Å². The molecule has 0 aliphatic heterocycles. The Morgan fingerprint density at radius 3 is 2.79 bits per heavy atom. The summed E-state index contributed by atoms with van der Waals surface area (Å²) in [5.41, 5.74) is 1.93. The molecule has 1 atom stereocenters. The van der Waals surface area contributed by atoms with Gasteiger partial charge < -0.3 is 10.6 Å². The molecule has 0 fully saturated rings. The number of likely N-dealkylation sites (N-methyl/N-ethyl adjacent to an activating group) is 1. The van der Waals surface area contributed by atoms with E-state index in [1.54, 1.807) is 11.0 Å². The Morgan fingerprint density at radius 1 is 1.26 bits per heavy atom. The molecule has 2 N–H and O–H groups in total. The van der Waals surface area contributed by atoms with Gasteiger partial charge in [-0.1, -0.05) is 25.1 Å². The fourth-order valence-electron chi connectivity index (χ4n) is 1.77. The molecule has 1 aromatic heterocycles. The summed E-state index contributed by atoms with van der Waals surface area (Å²) in [5.74, 6) is 0. The van der Waals surface area contributed by atoms with Crippen molar-refractivity contribution in [3.63, 3.8) is 0 Å². The highest BCUT2D eigenvalue weighted by molar-refractivity contribution is 5.28. The van der Waals surface area contributed by atoms with E-state index in [2.05, 4.69) is 34.7 Å². The highest BCUT2D eigenvalue weighted by atomic mass is 15.5. The molecule has 0 saturated heterocycles. The van der Waals surface area contributed by atoms with Crippen LogP contribution in [0.4, 0.5) is 0 Å². The molecule has 1 aromatic carbocycles. The molecule has 0 saturated carbocycles. The first-order chi connectivity index (χ1) is 9.29. The number of nitrogens with one attached hydrogen (secondary N) is 2. The quantitative estimate of drug-likeness (QED) is 0.788. The van der Waals surface area contributed by atoms with Gasteiger partial charge in [-0.15, -0.1) is 0 Å². The summed E-state index contributed by atoms with van der Waals surface area (Å²) in [5, 5.41) is 15.5. The zero-order chi connectivity index (χ0) is 13.5. The van der Waals surface area contributed by atoms with Gasteiger partial charge in [0.05, 0.1) is 17.6 Å². The topological polar surface area (TPSA) is 54.8 Å². The van der Waals surface area contributed by atoms with E-state index in [1.807, 2.05) is 30.3 Å². The molecule has 102 valence electrons. The van der Waals surface area contributed by atoms with Crippen LogP contribution in [0.15, 0.2) is 36.5 Å². The van der Waals surface area contributed by atoms with E-state index in [4.69, 9.17) is 0 Å². The first-order valence-electron chi connectivity index (χ1n) is 6.70. The second-order valence-corrected chi connectivity index (χ2v) is 4.55. The predicted molar refractivity (Wildman–Crippen MR) is 76.2 cm³/mol. The summed E-state index contributed by atoms with van der Waals surface area (Å²) in [6.07, 6.45) is 1.81. The van der Waals surface area contributed by atoms with E-state index >= 15 is 0 Å². The molecule has 2 rings (SSSR count). The Labute approximate surface area is 114 Å². The maximum atomic E-state index is 4.46. The van der Waals surface area contributed by atoms with Gasteiger partial charge in [-0.05, 0) is 25.6 Å². The minimum Gasteiger partial charge on any atom is -0.315 e. The van der Waals surface area contributed by atoms with Crippen molar-refractivity contribution in [1.82, 2.24) is 25.6 Å². The zero-order valence-corrected chi connectivity index (χ0v) is 11.5. The standard InChI is InChI=1S/C14H21N5/c1-3-15-9-12(2)16-10-13-11-17-19(18-13)14-7-5-4-6-8-14/h4-8,11-12,15-16H,3,9-10H2,1-2H3. The summed E-state index contributed by atoms with van der Waals surface area (Å²) < 4.78 is 0. The Kier molecular flexibility index (Phi) is 5.06. The smallest absolute Gasteiger partial charge is 0.0969 e. The highest BCUT2D eigenvalue weighted by Crippen LogP contribution is 2.04. The van der Waals surface area contributed by atoms with E-state index in [9.17, 15) is 0 Å². The summed E-state index contributed by atoms with van der Waals surface area (Å²) in [6, 6.07) is 10.3. The third-order valence-electron chi connectivity index (χ3n) is 2.86. The van der Waals surface area contributed by atoms with Crippen LogP contribution in [0.1, 0.15) is 19.5 Å². The van der Waals surface area contributed by atoms with Crippen molar-refractivity contribution >= 4 is 0 Å². The number of benzene rings is 1. The van der Waals surface area contributed by atoms with Gasteiger partial charge in [-0.25, -0.2) is 0 Å². The van der Waals surface area contributed by atoms with E-state index < -0.39 is 0 Å². The van der Waals surface area contributed by atoms with Crippen molar-refractivity contribution in [1.29, 1.82) is 0 Å². The molecule has 1 heterocycles. The van der Waals surface area contributed by atoms with Crippen LogP contribution >= 0.6 is 0 Å². The van der Waals surface area contributed by atoms with Crippen LogP contribution in [-0.2, 0) is 6.54 Å². The average molecular weight is 259 g/mol. The number of nitrogens with zero attached hydrogens (tertiary/aromatic N) is 3. The largest absolute Gasteiger partial charge is 0.315 e. The van der Waals surface area contributed by atoms with Gasteiger partial charge in [-0.2, -0.15) is 15.0 Å². The molecule has 19 heavy (non-hydrogen) atoms. The van der Waals surface area contributed by atoms with Crippen molar-refractivity contribution in [2.45, 2.75) is 26.4 Å². The summed E-state index contributed by atoms with van der Waals surface area (Å²) in [6.45, 7) is 6.96. The second-order valence-electron chi connectivity index (χ2n) is 4.55. The van der Waals surface area contributed by atoms with E-state index in [0.29, 0.717) is 6.04 Å². The predicted octanol–water partition coefficient (Wildman–Crippen LogP) is 1.35. The van der Waals surface area contributed by atoms with Crippen LogP contribution in [-0.4, -0.2) is 34.1 Å². The summed E-state index contributed by atoms with van der Waals surface area (Å²) in [7, 11) is 0. The van der Waals surface area contributed by atoms with Gasteiger partial charge in [0, 0.05) is 19.1 Å². The van der Waals surface area contributed by atoms with Crippen molar-refractivity contribution in [2.75, 3.05) is 13.1 Å². The number of hydrogen-bond acceptors (Lipinski definition) is 4. The molecule has 0 aliphatic carbocycles. The molecular formula is C14H21N5. The summed E-state index contributed by atoms with van der Waals surface area (Å²) in [4.78, 5) is 1.66. The highest BCUT2D eigenvalue weighted by Gasteiger charge is 2.04. The molecule has 0 amide bonds. The zero-order valence-electron chi connectivity index (χ0n) is 11.5. The van der Waals surface area contributed by atoms with E-state index in [-0.39, 0.29) is 0 Å². The fraction of sp³-hybridized carbons (Fsp3) is 0.429. The molecule has 0 aliphatic rings. The molecule has 1 unspecified atom stereocenters. The Morgan fingerprint density at radius 2 is 2.05 bits per heavy atom. The second kappa shape index (κ2) is 7.01. The third-order valence-corrected chi connectivity index (χ3v) is 2.86. The van der Waals surface area contributed by atoms with E-state index in [1.165, 1.54) is 0 Å². The normalized spacial score (nSPS) is 12.5. The fourth-order valence-corrected chi connectivity index (χ4v) is 1.77. The van der Waals surface area contributed by atoms with Gasteiger partial charge in [0.1, 0.15) is 0 Å². The van der Waals surface area contributed by atoms with Crippen LogP contribution in [0, 0.1) is 0 Å². The number of para-hydroxylation sites is 1. The Balaban J connectivity index is 1.88. The van der Waals surface area contributed by atoms with Crippen molar-refractivity contribution in [3.05, 3.63) is 42.2 Å². The molecular weight excluding hydrogens is 238 g/mol. The van der Waals surface area contributed by atoms with Crippen LogP contribution in [0.5, 0.6) is 0 Å². The van der Waals surface area contributed by atoms with Crippen LogP contribution in [0.25, 0.3) is 5.69 Å². The Hall–Kier alpha value is -1.72. The van der Waals surface area contributed by atoms with E-state index in [0.717, 1.165) is 31.0 Å². The van der Waals surface area contributed by atoms with Gasteiger partial charge in [-0.3, -0.25) is 0 Å². The molecule has 0 radical (unpaired) electrons. The lowest BCUT2D eigenvalue weighted by molar-refractivity contribution is 0.504. The molecule has 5 nitrogen and oxygen atoms in total. The first-order valence-corrected chi connectivity index (χ1v) is 6.70. The maximum Gasteiger partial charge on any atom is 0.0969 e. The van der Waals surface area contributed by atoms with Crippen LogP contribution < -0.4 is 10.6 Å². The first kappa shape index (κ1) is 13.7. The lowest BCUT2D eigenvalue weighted by Gasteiger charge is -2.12. The Bertz CT molecular complexity index is 480. The van der Waals surface area contributed by atoms with Crippen molar-refractivity contribution in [3.8, 4) is 5.69 Å². The van der Waals surface area contributed by atoms with Crippen molar-refractivity contribution < 1.29 is 0 Å². The van der Waals surface area contributed by atoms with Gasteiger partial charge in [0.2, 0.25) is 0 Å². The summed E-state index contributed by atoms with van der Waals surface area (Å²) >= 11 is 0. The minimum absolute atomic E-state index is 0.418. The van der Waals surface area contributed by atoms with Crippen LogP contribution in [0.2, 0.25) is 0 Å². The van der Waals surface area contributed by atoms with Gasteiger partial charge >= 0.3 is 0 Å². The maximum absolute atomic E-state index is 4.46. The number of aromatic nitrogens is 3. The van der Waals surface area contributed by atoms with Crippen molar-refractivity contribution in [2.24, 2.45) is 0 Å². The molecule has 0 spiro atoms. The molecule has 5 heteroatoms. The van der Waals surface area contributed by atoms with Crippen LogP contribution in [0.3, 0.4) is 0 Å². The van der Waals surface area contributed by atoms with Gasteiger partial charge in [0.15, 0.2) is 0 Å². The SMILES string of the molecule is CCNCC(C)NCc1cnn(-c2ccccc2)n1. The minimum atomic E-state index is 0.418. The number of rotatable bonds is 7.